The molecule has 0 amide bonds. The summed E-state index contributed by atoms with van der Waals surface area (Å²) in [5.74, 6) is 0.208. The quantitative estimate of drug-likeness (QED) is 0.750. The summed E-state index contributed by atoms with van der Waals surface area (Å²) < 4.78 is 14.4. The van der Waals surface area contributed by atoms with Crippen LogP contribution in [0.3, 0.4) is 0 Å². The smallest absolute Gasteiger partial charge is 0.280 e. The van der Waals surface area contributed by atoms with Crippen LogP contribution in [-0.4, -0.2) is 20.5 Å². The monoisotopic (exact) mass is 324 g/mol. The minimum absolute atomic E-state index is 0.229. The molecule has 5 nitrogen and oxygen atoms in total. The first kappa shape index (κ1) is 15.9. The summed E-state index contributed by atoms with van der Waals surface area (Å²) in [6, 6.07) is 11.3. The molecule has 0 bridgehead atoms. The fraction of sp³-hybridized carbons (Fsp3) is 0.167. The molecule has 0 radical (unpaired) electrons. The summed E-state index contributed by atoms with van der Waals surface area (Å²) in [6.45, 7) is 5.47. The first-order valence-electron chi connectivity index (χ1n) is 7.52. The molecular weight excluding hydrogens is 307 g/mol. The highest BCUT2D eigenvalue weighted by Crippen LogP contribution is 2.13. The number of benzene rings is 1. The number of rotatable bonds is 3. The highest BCUT2D eigenvalue weighted by molar-refractivity contribution is 6.00. The predicted molar refractivity (Wildman–Crippen MR) is 91.9 cm³/mol. The maximum absolute atomic E-state index is 13.1. The van der Waals surface area contributed by atoms with Crippen molar-refractivity contribution in [2.45, 2.75) is 20.8 Å². The molecule has 0 fully saturated rings. The largest absolute Gasteiger partial charge is 0.295 e. The van der Waals surface area contributed by atoms with Gasteiger partial charge in [0.25, 0.3) is 5.56 Å². The molecule has 3 aromatic rings. The molecule has 3 rings (SSSR count). The number of aliphatic imine (C=N–C) groups is 1. The van der Waals surface area contributed by atoms with E-state index in [0.29, 0.717) is 28.5 Å². The number of halogens is 1. The van der Waals surface area contributed by atoms with Gasteiger partial charge < -0.3 is 0 Å². The summed E-state index contributed by atoms with van der Waals surface area (Å²) in [6.07, 6.45) is 0. The summed E-state index contributed by atoms with van der Waals surface area (Å²) in [5, 5.41) is 3.01. The van der Waals surface area contributed by atoms with E-state index in [9.17, 15) is 9.18 Å². The molecule has 2 heterocycles. The second-order valence-electron chi connectivity index (χ2n) is 5.56. The van der Waals surface area contributed by atoms with E-state index in [1.54, 1.807) is 32.0 Å². The number of aromatic nitrogens is 3. The van der Waals surface area contributed by atoms with E-state index >= 15 is 0 Å². The van der Waals surface area contributed by atoms with E-state index in [-0.39, 0.29) is 11.4 Å². The Bertz CT molecular complexity index is 967. The highest BCUT2D eigenvalue weighted by Gasteiger charge is 2.15. The first-order chi connectivity index (χ1) is 11.5. The van der Waals surface area contributed by atoms with Gasteiger partial charge in [-0.25, -0.2) is 19.0 Å². The van der Waals surface area contributed by atoms with Gasteiger partial charge in [0.1, 0.15) is 5.82 Å². The molecule has 1 N–H and O–H groups in total. The number of nitrogens with zero attached hydrogens (tertiary/aromatic N) is 3. The lowest BCUT2D eigenvalue weighted by Gasteiger charge is -2.00. The van der Waals surface area contributed by atoms with Crippen LogP contribution in [0.2, 0.25) is 0 Å². The maximum atomic E-state index is 13.1. The van der Waals surface area contributed by atoms with Crippen molar-refractivity contribution >= 4 is 11.5 Å². The van der Waals surface area contributed by atoms with Gasteiger partial charge in [0.05, 0.1) is 17.0 Å². The van der Waals surface area contributed by atoms with Crippen molar-refractivity contribution in [1.29, 1.82) is 0 Å². The number of nitrogens with one attached hydrogen (secondary N) is 1. The van der Waals surface area contributed by atoms with Crippen LogP contribution in [-0.2, 0) is 0 Å². The van der Waals surface area contributed by atoms with Crippen LogP contribution in [0.25, 0.3) is 5.69 Å². The molecule has 0 aliphatic carbocycles. The normalized spacial score (nSPS) is 11.8. The Morgan fingerprint density at radius 3 is 2.54 bits per heavy atom. The molecule has 122 valence electrons. The van der Waals surface area contributed by atoms with Gasteiger partial charge in [-0.15, -0.1) is 0 Å². The van der Waals surface area contributed by atoms with Gasteiger partial charge in [-0.05, 0) is 57.2 Å². The molecule has 0 atom stereocenters. The van der Waals surface area contributed by atoms with Gasteiger partial charge in [0.15, 0.2) is 5.82 Å². The van der Waals surface area contributed by atoms with E-state index in [0.717, 1.165) is 5.69 Å². The van der Waals surface area contributed by atoms with Crippen molar-refractivity contribution in [2.24, 2.45) is 4.99 Å². The summed E-state index contributed by atoms with van der Waals surface area (Å²) in [4.78, 5) is 21.5. The Morgan fingerprint density at radius 2 is 1.88 bits per heavy atom. The zero-order chi connectivity index (χ0) is 17.3. The van der Waals surface area contributed by atoms with Gasteiger partial charge in [-0.3, -0.25) is 9.89 Å². The second-order valence-corrected chi connectivity index (χ2v) is 5.56. The molecule has 0 aliphatic heterocycles. The van der Waals surface area contributed by atoms with Crippen LogP contribution in [0.5, 0.6) is 0 Å². The Labute approximate surface area is 138 Å². The molecule has 0 spiro atoms. The zero-order valence-electron chi connectivity index (χ0n) is 13.7. The Kier molecular flexibility index (Phi) is 4.12. The van der Waals surface area contributed by atoms with Crippen LogP contribution in [0.15, 0.2) is 52.3 Å². The molecule has 0 aliphatic rings. The van der Waals surface area contributed by atoms with Crippen LogP contribution in [0, 0.1) is 19.7 Å². The number of pyridine rings is 1. The average molecular weight is 324 g/mol. The van der Waals surface area contributed by atoms with Gasteiger partial charge in [-0.2, -0.15) is 0 Å². The van der Waals surface area contributed by atoms with Gasteiger partial charge >= 0.3 is 0 Å². The topological polar surface area (TPSA) is 63.0 Å². The number of hydrogen-bond donors (Lipinski definition) is 1. The number of aryl methyl sites for hydroxylation is 2. The molecule has 6 heteroatoms. The zero-order valence-corrected chi connectivity index (χ0v) is 13.7. The van der Waals surface area contributed by atoms with E-state index in [1.165, 1.54) is 16.8 Å². The molecule has 1 aromatic carbocycles. The molecule has 0 unspecified atom stereocenters. The SMILES string of the molecule is CC(=Nc1cccc(C)n1)c1c(C)[nH]n(-c2ccc(F)cc2)c1=O. The molecular formula is C18H17FN4O. The fourth-order valence-electron chi connectivity index (χ4n) is 2.56. The van der Waals surface area contributed by atoms with E-state index < -0.39 is 0 Å². The Balaban J connectivity index is 2.06. The van der Waals surface area contributed by atoms with Crippen molar-refractivity contribution in [2.75, 3.05) is 0 Å². The van der Waals surface area contributed by atoms with Crippen molar-refractivity contribution in [3.63, 3.8) is 0 Å². The number of hydrogen-bond acceptors (Lipinski definition) is 3. The van der Waals surface area contributed by atoms with Gasteiger partial charge in [-0.1, -0.05) is 6.07 Å². The lowest BCUT2D eigenvalue weighted by molar-refractivity contribution is 0.627. The lowest BCUT2D eigenvalue weighted by Crippen LogP contribution is -2.19. The van der Waals surface area contributed by atoms with Crippen LogP contribution in [0.1, 0.15) is 23.9 Å². The Morgan fingerprint density at radius 1 is 1.17 bits per heavy atom. The average Bonchev–Trinajstić information content (AvgIpc) is 2.83. The molecule has 24 heavy (non-hydrogen) atoms. The van der Waals surface area contributed by atoms with E-state index in [4.69, 9.17) is 0 Å². The number of H-pyrrole nitrogens is 1. The fourth-order valence-corrected chi connectivity index (χ4v) is 2.56. The van der Waals surface area contributed by atoms with Crippen molar-refractivity contribution in [3.8, 4) is 5.69 Å². The van der Waals surface area contributed by atoms with Crippen molar-refractivity contribution in [1.82, 2.24) is 14.8 Å². The molecule has 0 saturated heterocycles. The van der Waals surface area contributed by atoms with Gasteiger partial charge in [0, 0.05) is 11.4 Å². The van der Waals surface area contributed by atoms with Crippen molar-refractivity contribution in [3.05, 3.63) is 75.6 Å². The van der Waals surface area contributed by atoms with E-state index in [1.807, 2.05) is 19.1 Å². The first-order valence-corrected chi connectivity index (χ1v) is 7.52. The lowest BCUT2D eigenvalue weighted by atomic mass is 10.2. The second kappa shape index (κ2) is 6.23. The summed E-state index contributed by atoms with van der Waals surface area (Å²) in [7, 11) is 0. The minimum Gasteiger partial charge on any atom is -0.295 e. The van der Waals surface area contributed by atoms with Crippen LogP contribution >= 0.6 is 0 Å². The molecule has 2 aromatic heterocycles. The highest BCUT2D eigenvalue weighted by atomic mass is 19.1. The summed E-state index contributed by atoms with van der Waals surface area (Å²) in [5.41, 5.74) is 2.96. The van der Waals surface area contributed by atoms with Gasteiger partial charge in [0.2, 0.25) is 0 Å². The number of aromatic amines is 1. The third kappa shape index (κ3) is 3.03. The third-order valence-electron chi connectivity index (χ3n) is 3.67. The maximum Gasteiger partial charge on any atom is 0.280 e. The minimum atomic E-state index is -0.349. The Hall–Kier alpha value is -3.02. The van der Waals surface area contributed by atoms with Crippen molar-refractivity contribution < 1.29 is 4.39 Å². The van der Waals surface area contributed by atoms with Crippen LogP contribution < -0.4 is 5.56 Å². The molecule has 0 saturated carbocycles. The standard InChI is InChI=1S/C18H17FN4O/c1-11-5-4-6-16(20-11)21-12(2)17-13(3)22-23(18(17)24)15-9-7-14(19)8-10-15/h4-10,22H,1-3H3. The van der Waals surface area contributed by atoms with E-state index in [2.05, 4.69) is 15.1 Å². The summed E-state index contributed by atoms with van der Waals surface area (Å²) >= 11 is 0. The predicted octanol–water partition coefficient (Wildman–Crippen LogP) is 3.46. The third-order valence-corrected chi connectivity index (χ3v) is 3.67. The van der Waals surface area contributed by atoms with Crippen LogP contribution in [0.4, 0.5) is 10.2 Å².